The van der Waals surface area contributed by atoms with Crippen LogP contribution in [0, 0.1) is 18.3 Å². The molecule has 1 saturated heterocycles. The Kier molecular flexibility index (Phi) is 5.00. The summed E-state index contributed by atoms with van der Waals surface area (Å²) in [6.07, 6.45) is 3.80. The molecule has 6 nitrogen and oxygen atoms in total. The van der Waals surface area contributed by atoms with E-state index in [0.29, 0.717) is 25.6 Å². The van der Waals surface area contributed by atoms with E-state index in [4.69, 9.17) is 0 Å². The van der Waals surface area contributed by atoms with Gasteiger partial charge in [-0.25, -0.2) is 4.98 Å². The van der Waals surface area contributed by atoms with Crippen LogP contribution in [-0.4, -0.2) is 46.6 Å². The van der Waals surface area contributed by atoms with Crippen LogP contribution in [0.3, 0.4) is 0 Å². The van der Waals surface area contributed by atoms with Crippen LogP contribution in [0.25, 0.3) is 4.96 Å². The van der Waals surface area contributed by atoms with Crippen LogP contribution in [0.1, 0.15) is 45.0 Å². The Labute approximate surface area is 154 Å². The van der Waals surface area contributed by atoms with Gasteiger partial charge in [-0.05, 0) is 31.1 Å². The van der Waals surface area contributed by atoms with Gasteiger partial charge in [-0.3, -0.25) is 4.40 Å². The number of fused-ring (bicyclic) bond motifs is 1. The number of aromatic nitrogens is 2. The third-order valence-electron chi connectivity index (χ3n) is 5.33. The zero-order chi connectivity index (χ0) is 18.4. The summed E-state index contributed by atoms with van der Waals surface area (Å²) in [6.45, 7) is 10.2. The van der Waals surface area contributed by atoms with E-state index in [9.17, 15) is 8.42 Å². The second-order valence-electron chi connectivity index (χ2n) is 8.00. The van der Waals surface area contributed by atoms with Gasteiger partial charge in [0.1, 0.15) is 0 Å². The minimum Gasteiger partial charge on any atom is -0.293 e. The number of imidazole rings is 1. The fraction of sp³-hybridized carbons (Fsp3) is 0.706. The van der Waals surface area contributed by atoms with Crippen LogP contribution in [0.4, 0.5) is 0 Å². The molecule has 1 aliphatic rings. The molecule has 2 aromatic heterocycles. The van der Waals surface area contributed by atoms with Crippen molar-refractivity contribution in [1.29, 1.82) is 0 Å². The van der Waals surface area contributed by atoms with Crippen LogP contribution in [0.15, 0.2) is 11.6 Å². The van der Waals surface area contributed by atoms with Crippen LogP contribution >= 0.6 is 11.3 Å². The number of rotatable bonds is 4. The van der Waals surface area contributed by atoms with Gasteiger partial charge in [0.2, 0.25) is 0 Å². The summed E-state index contributed by atoms with van der Waals surface area (Å²) >= 11 is 1.56. The molecule has 3 heterocycles. The zero-order valence-corrected chi connectivity index (χ0v) is 17.3. The third kappa shape index (κ3) is 3.63. The van der Waals surface area contributed by atoms with Gasteiger partial charge in [0.25, 0.3) is 10.2 Å². The molecule has 8 heteroatoms. The van der Waals surface area contributed by atoms with Crippen LogP contribution in [0.5, 0.6) is 0 Å². The van der Waals surface area contributed by atoms with Crippen molar-refractivity contribution >= 4 is 26.5 Å². The summed E-state index contributed by atoms with van der Waals surface area (Å²) < 4.78 is 31.0. The van der Waals surface area contributed by atoms with E-state index < -0.39 is 10.2 Å². The molecular formula is C17H28N4O2S2. The lowest BCUT2D eigenvalue weighted by Crippen LogP contribution is -2.47. The van der Waals surface area contributed by atoms with Gasteiger partial charge in [-0.1, -0.05) is 20.8 Å². The first kappa shape index (κ1) is 18.8. The highest BCUT2D eigenvalue weighted by Crippen LogP contribution is 2.35. The largest absolute Gasteiger partial charge is 0.293 e. The molecule has 0 radical (unpaired) electrons. The first-order valence-corrected chi connectivity index (χ1v) is 11.0. The van der Waals surface area contributed by atoms with E-state index in [2.05, 4.69) is 25.8 Å². The molecule has 3 rings (SSSR count). The Bertz CT molecular complexity index is 840. The Morgan fingerprint density at radius 1 is 1.32 bits per heavy atom. The lowest BCUT2D eigenvalue weighted by Gasteiger charge is -2.39. The average Bonchev–Trinajstić information content (AvgIpc) is 3.09. The molecule has 0 bridgehead atoms. The van der Waals surface area contributed by atoms with E-state index in [1.165, 1.54) is 4.31 Å². The van der Waals surface area contributed by atoms with Gasteiger partial charge < -0.3 is 0 Å². The topological polar surface area (TPSA) is 57.9 Å². The number of nitrogens with zero attached hydrogens (tertiary/aromatic N) is 4. The highest BCUT2D eigenvalue weighted by Gasteiger charge is 2.35. The van der Waals surface area contributed by atoms with Crippen LogP contribution < -0.4 is 0 Å². The number of hydrogen-bond acceptors (Lipinski definition) is 4. The molecule has 1 aliphatic heterocycles. The normalized spacial score (nSPS) is 18.5. The van der Waals surface area contributed by atoms with Gasteiger partial charge in [0, 0.05) is 31.7 Å². The molecule has 0 atom stereocenters. The molecule has 0 saturated carbocycles. The summed E-state index contributed by atoms with van der Waals surface area (Å²) in [4.78, 5) is 5.41. The second kappa shape index (κ2) is 6.64. The van der Waals surface area contributed by atoms with Gasteiger partial charge in [0.15, 0.2) is 4.96 Å². The van der Waals surface area contributed by atoms with E-state index in [0.717, 1.165) is 29.2 Å². The molecule has 2 aromatic rings. The Morgan fingerprint density at radius 3 is 2.56 bits per heavy atom. The average molecular weight is 385 g/mol. The highest BCUT2D eigenvalue weighted by atomic mass is 32.2. The fourth-order valence-corrected chi connectivity index (χ4v) is 5.70. The van der Waals surface area contributed by atoms with Crippen molar-refractivity contribution in [3.05, 3.63) is 23.0 Å². The number of thiazole rings is 1. The maximum Gasteiger partial charge on any atom is 0.282 e. The van der Waals surface area contributed by atoms with E-state index >= 15 is 0 Å². The molecule has 0 aliphatic carbocycles. The summed E-state index contributed by atoms with van der Waals surface area (Å²) in [6, 6.07) is 0. The quantitative estimate of drug-likeness (QED) is 0.814. The van der Waals surface area contributed by atoms with Crippen LogP contribution in [0.2, 0.25) is 0 Å². The second-order valence-corrected chi connectivity index (χ2v) is 10.9. The smallest absolute Gasteiger partial charge is 0.282 e. The molecule has 140 valence electrons. The Morgan fingerprint density at radius 2 is 1.96 bits per heavy atom. The predicted octanol–water partition coefficient (Wildman–Crippen LogP) is 3.14. The van der Waals surface area contributed by atoms with Crippen molar-refractivity contribution in [3.63, 3.8) is 0 Å². The minimum absolute atomic E-state index is 0.237. The molecule has 0 aromatic carbocycles. The van der Waals surface area contributed by atoms with E-state index in [1.54, 1.807) is 22.7 Å². The lowest BCUT2D eigenvalue weighted by molar-refractivity contribution is 0.150. The molecule has 0 spiro atoms. The Hall–Kier alpha value is -0.960. The monoisotopic (exact) mass is 384 g/mol. The van der Waals surface area contributed by atoms with Crippen molar-refractivity contribution in [2.45, 2.75) is 47.1 Å². The van der Waals surface area contributed by atoms with E-state index in [-0.39, 0.29) is 5.41 Å². The minimum atomic E-state index is -3.45. The van der Waals surface area contributed by atoms with Crippen molar-refractivity contribution in [2.24, 2.45) is 11.3 Å². The van der Waals surface area contributed by atoms with Gasteiger partial charge in [-0.2, -0.15) is 17.0 Å². The van der Waals surface area contributed by atoms with E-state index in [1.807, 2.05) is 22.9 Å². The van der Waals surface area contributed by atoms with Gasteiger partial charge in [0.05, 0.1) is 17.9 Å². The van der Waals surface area contributed by atoms with Gasteiger partial charge >= 0.3 is 0 Å². The summed E-state index contributed by atoms with van der Waals surface area (Å²) in [5.41, 5.74) is 2.06. The highest BCUT2D eigenvalue weighted by molar-refractivity contribution is 7.86. The van der Waals surface area contributed by atoms with Crippen molar-refractivity contribution < 1.29 is 8.42 Å². The molecule has 0 amide bonds. The predicted molar refractivity (Wildman–Crippen MR) is 102 cm³/mol. The maximum absolute atomic E-state index is 13.0. The first-order chi connectivity index (χ1) is 11.6. The molecule has 0 unspecified atom stereocenters. The summed E-state index contributed by atoms with van der Waals surface area (Å²) in [5, 5.41) is 1.97. The Balaban J connectivity index is 1.72. The number of piperidine rings is 1. The molecule has 0 N–H and O–H groups in total. The number of hydrogen-bond donors (Lipinski definition) is 0. The summed E-state index contributed by atoms with van der Waals surface area (Å²) in [5.74, 6) is 0.576. The molecular weight excluding hydrogens is 356 g/mol. The molecule has 25 heavy (non-hydrogen) atoms. The van der Waals surface area contributed by atoms with Crippen molar-refractivity contribution in [3.8, 4) is 0 Å². The fourth-order valence-electron chi connectivity index (χ4n) is 3.57. The zero-order valence-electron chi connectivity index (χ0n) is 15.7. The standard InChI is InChI=1S/C17H28N4O2S2/c1-13-15(21-10-11-24-16(21)18-13)12-19(5)25(22,23)20-8-6-14(7-9-20)17(2,3)4/h10-11,14H,6-9,12H2,1-5H3. The molecule has 1 fully saturated rings. The van der Waals surface area contributed by atoms with Crippen molar-refractivity contribution in [1.82, 2.24) is 18.0 Å². The summed E-state index contributed by atoms with van der Waals surface area (Å²) in [7, 11) is -1.78. The van der Waals surface area contributed by atoms with Crippen LogP contribution in [-0.2, 0) is 16.8 Å². The first-order valence-electron chi connectivity index (χ1n) is 8.73. The maximum atomic E-state index is 13.0. The number of aryl methyl sites for hydroxylation is 1. The lowest BCUT2D eigenvalue weighted by atomic mass is 9.76. The SMILES string of the molecule is Cc1nc2sccn2c1CN(C)S(=O)(=O)N1CCC(C(C)(C)C)CC1. The van der Waals surface area contributed by atoms with Crippen molar-refractivity contribution in [2.75, 3.05) is 20.1 Å². The van der Waals surface area contributed by atoms with Gasteiger partial charge in [-0.15, -0.1) is 11.3 Å². The third-order valence-corrected chi connectivity index (χ3v) is 8.02.